The minimum atomic E-state index is -0.664. The third-order valence-corrected chi connectivity index (χ3v) is 4.97. The molecule has 2 aromatic carbocycles. The van der Waals surface area contributed by atoms with Gasteiger partial charge in [-0.2, -0.15) is 0 Å². The van der Waals surface area contributed by atoms with E-state index < -0.39 is 23.2 Å². The van der Waals surface area contributed by atoms with Crippen molar-refractivity contribution in [2.45, 2.75) is 23.8 Å². The number of amides is 2. The van der Waals surface area contributed by atoms with Crippen molar-refractivity contribution in [1.29, 1.82) is 0 Å². The van der Waals surface area contributed by atoms with E-state index in [1.165, 1.54) is 0 Å². The molecule has 0 atom stereocenters. The first-order valence-electron chi connectivity index (χ1n) is 8.50. The summed E-state index contributed by atoms with van der Waals surface area (Å²) in [7, 11) is 0. The number of piperidine rings is 1. The topological polar surface area (TPSA) is 110 Å². The lowest BCUT2D eigenvalue weighted by molar-refractivity contribution is 0.0694. The van der Waals surface area contributed by atoms with Gasteiger partial charge in [0.15, 0.2) is 17.2 Å². The second-order valence-corrected chi connectivity index (χ2v) is 6.90. The summed E-state index contributed by atoms with van der Waals surface area (Å²) in [4.78, 5) is 27.3. The van der Waals surface area contributed by atoms with E-state index in [-0.39, 0.29) is 17.5 Å². The van der Waals surface area contributed by atoms with E-state index in [0.717, 1.165) is 12.1 Å². The molecule has 4 N–H and O–H groups in total. The summed E-state index contributed by atoms with van der Waals surface area (Å²) in [5, 5.41) is 31.2. The van der Waals surface area contributed by atoms with Gasteiger partial charge in [-0.3, -0.25) is 9.59 Å². The van der Waals surface area contributed by atoms with Crippen molar-refractivity contribution in [3.8, 4) is 17.2 Å². The molecular weight excluding hydrogens is 368 g/mol. The maximum absolute atomic E-state index is 12.6. The van der Waals surface area contributed by atoms with Crippen LogP contribution >= 0.6 is 12.6 Å². The average molecular weight is 388 g/mol. The summed E-state index contributed by atoms with van der Waals surface area (Å²) in [5.74, 6) is -2.34. The number of carbonyl (C=O) groups is 2. The van der Waals surface area contributed by atoms with Crippen molar-refractivity contribution >= 4 is 24.4 Å². The summed E-state index contributed by atoms with van der Waals surface area (Å²) in [6.45, 7) is 0.996. The molecule has 8 heteroatoms. The quantitative estimate of drug-likeness (QED) is 0.409. The Bertz CT molecular complexity index is 855. The van der Waals surface area contributed by atoms with E-state index in [1.807, 2.05) is 6.07 Å². The molecule has 142 valence electrons. The fraction of sp³-hybridized carbons (Fsp3) is 0.263. The molecule has 1 fully saturated rings. The summed E-state index contributed by atoms with van der Waals surface area (Å²) < 4.78 is 0. The Morgan fingerprint density at radius 2 is 1.63 bits per heavy atom. The molecule has 0 bridgehead atoms. The second-order valence-electron chi connectivity index (χ2n) is 6.42. The molecule has 1 heterocycles. The van der Waals surface area contributed by atoms with Crippen molar-refractivity contribution in [2.24, 2.45) is 0 Å². The third-order valence-electron chi connectivity index (χ3n) is 4.58. The van der Waals surface area contributed by atoms with Crippen molar-refractivity contribution in [3.63, 3.8) is 0 Å². The number of phenolic OH excluding ortho intramolecular Hbond substituents is 3. The zero-order chi connectivity index (χ0) is 19.6. The van der Waals surface area contributed by atoms with E-state index in [4.69, 9.17) is 0 Å². The fourth-order valence-electron chi connectivity index (χ4n) is 3.06. The number of aromatic hydroxyl groups is 3. The lowest BCUT2D eigenvalue weighted by atomic mass is 10.0. The maximum atomic E-state index is 12.6. The van der Waals surface area contributed by atoms with Gasteiger partial charge in [-0.1, -0.05) is 12.1 Å². The molecule has 7 nitrogen and oxygen atoms in total. The van der Waals surface area contributed by atoms with Gasteiger partial charge in [-0.15, -0.1) is 12.6 Å². The minimum absolute atomic E-state index is 0.0466. The SMILES string of the molecule is O=C(NC1CCN(C(=O)c2ccccc2S)CC1)c1cc(O)c(O)c(O)c1. The van der Waals surface area contributed by atoms with Gasteiger partial charge in [0.1, 0.15) is 0 Å². The Balaban J connectivity index is 1.59. The molecule has 1 saturated heterocycles. The predicted octanol–water partition coefficient (Wildman–Crippen LogP) is 2.13. The van der Waals surface area contributed by atoms with Crippen LogP contribution in [0, 0.1) is 0 Å². The standard InChI is InChI=1S/C19H20N2O5S/c22-14-9-11(10-15(23)17(14)24)18(25)20-12-5-7-21(8-6-12)19(26)13-3-1-2-4-16(13)27/h1-4,9-10,12,22-24,27H,5-8H2,(H,20,25). The lowest BCUT2D eigenvalue weighted by Crippen LogP contribution is -2.46. The van der Waals surface area contributed by atoms with Crippen LogP contribution in [0.4, 0.5) is 0 Å². The van der Waals surface area contributed by atoms with Crippen LogP contribution in [0.15, 0.2) is 41.3 Å². The van der Waals surface area contributed by atoms with Crippen molar-refractivity contribution < 1.29 is 24.9 Å². The zero-order valence-corrected chi connectivity index (χ0v) is 15.3. The maximum Gasteiger partial charge on any atom is 0.254 e. The zero-order valence-electron chi connectivity index (χ0n) is 14.4. The molecule has 1 aliphatic heterocycles. The van der Waals surface area contributed by atoms with E-state index in [9.17, 15) is 24.9 Å². The number of thiol groups is 1. The van der Waals surface area contributed by atoms with Gasteiger partial charge in [0.2, 0.25) is 0 Å². The average Bonchev–Trinajstić information content (AvgIpc) is 2.66. The number of likely N-dealkylation sites (tertiary alicyclic amines) is 1. The highest BCUT2D eigenvalue weighted by Crippen LogP contribution is 2.35. The second kappa shape index (κ2) is 7.79. The van der Waals surface area contributed by atoms with Crippen LogP contribution in [0.25, 0.3) is 0 Å². The summed E-state index contributed by atoms with van der Waals surface area (Å²) >= 11 is 4.32. The van der Waals surface area contributed by atoms with Crippen LogP contribution in [-0.4, -0.2) is 51.2 Å². The molecule has 0 saturated carbocycles. The number of rotatable bonds is 3. The molecule has 2 amide bonds. The lowest BCUT2D eigenvalue weighted by Gasteiger charge is -2.32. The van der Waals surface area contributed by atoms with Gasteiger partial charge in [-0.05, 0) is 37.1 Å². The molecule has 27 heavy (non-hydrogen) atoms. The number of hydrogen-bond acceptors (Lipinski definition) is 6. The van der Waals surface area contributed by atoms with Crippen LogP contribution in [0.5, 0.6) is 17.2 Å². The Morgan fingerprint density at radius 3 is 2.22 bits per heavy atom. The Hall–Kier alpha value is -2.87. The first-order chi connectivity index (χ1) is 12.9. The van der Waals surface area contributed by atoms with Crippen LogP contribution in [0.3, 0.4) is 0 Å². The first-order valence-corrected chi connectivity index (χ1v) is 8.94. The van der Waals surface area contributed by atoms with E-state index in [1.54, 1.807) is 23.1 Å². The molecule has 0 radical (unpaired) electrons. The van der Waals surface area contributed by atoms with E-state index in [2.05, 4.69) is 17.9 Å². The highest BCUT2D eigenvalue weighted by molar-refractivity contribution is 7.80. The summed E-state index contributed by atoms with van der Waals surface area (Å²) in [6.07, 6.45) is 1.17. The molecule has 0 unspecified atom stereocenters. The Morgan fingerprint density at radius 1 is 1.04 bits per heavy atom. The number of benzene rings is 2. The van der Waals surface area contributed by atoms with E-state index >= 15 is 0 Å². The third kappa shape index (κ3) is 4.11. The number of hydrogen-bond donors (Lipinski definition) is 5. The monoisotopic (exact) mass is 388 g/mol. The Labute approximate surface area is 161 Å². The van der Waals surface area contributed by atoms with Gasteiger partial charge < -0.3 is 25.5 Å². The van der Waals surface area contributed by atoms with Crippen LogP contribution in [0.1, 0.15) is 33.6 Å². The number of nitrogens with zero attached hydrogens (tertiary/aromatic N) is 1. The number of carbonyl (C=O) groups excluding carboxylic acids is 2. The summed E-state index contributed by atoms with van der Waals surface area (Å²) in [5.41, 5.74) is 0.601. The van der Waals surface area contributed by atoms with Gasteiger partial charge >= 0.3 is 0 Å². The van der Waals surface area contributed by atoms with Crippen molar-refractivity contribution in [2.75, 3.05) is 13.1 Å². The van der Waals surface area contributed by atoms with Gasteiger partial charge in [0.05, 0.1) is 5.56 Å². The normalized spacial score (nSPS) is 14.8. The minimum Gasteiger partial charge on any atom is -0.504 e. The molecule has 0 aromatic heterocycles. The molecular formula is C19H20N2O5S. The van der Waals surface area contributed by atoms with Gasteiger partial charge in [0, 0.05) is 29.6 Å². The van der Waals surface area contributed by atoms with E-state index in [0.29, 0.717) is 36.4 Å². The van der Waals surface area contributed by atoms with Gasteiger partial charge in [-0.25, -0.2) is 0 Å². The Kier molecular flexibility index (Phi) is 5.46. The highest BCUT2D eigenvalue weighted by Gasteiger charge is 2.26. The first kappa shape index (κ1) is 18.9. The van der Waals surface area contributed by atoms with Crippen molar-refractivity contribution in [1.82, 2.24) is 10.2 Å². The molecule has 0 aliphatic carbocycles. The van der Waals surface area contributed by atoms with Gasteiger partial charge in [0.25, 0.3) is 11.8 Å². The van der Waals surface area contributed by atoms with Crippen LogP contribution < -0.4 is 5.32 Å². The molecule has 1 aliphatic rings. The number of phenols is 3. The predicted molar refractivity (Wildman–Crippen MR) is 102 cm³/mol. The molecule has 3 rings (SSSR count). The smallest absolute Gasteiger partial charge is 0.254 e. The molecule has 0 spiro atoms. The summed E-state index contributed by atoms with van der Waals surface area (Å²) in [6, 6.07) is 9.17. The highest BCUT2D eigenvalue weighted by atomic mass is 32.1. The van der Waals surface area contributed by atoms with Crippen LogP contribution in [0.2, 0.25) is 0 Å². The fourth-order valence-corrected chi connectivity index (χ4v) is 3.31. The van der Waals surface area contributed by atoms with Crippen molar-refractivity contribution in [3.05, 3.63) is 47.5 Å². The van der Waals surface area contributed by atoms with Crippen LogP contribution in [-0.2, 0) is 0 Å². The largest absolute Gasteiger partial charge is 0.504 e. The molecule has 2 aromatic rings. The number of nitrogens with one attached hydrogen (secondary N) is 1.